The number of methoxy groups -OCH3 is 1. The number of aliphatic hydroxyl groups is 1. The molecule has 1 aromatic heterocycles. The zero-order chi connectivity index (χ0) is 26.6. The van der Waals surface area contributed by atoms with Crippen LogP contribution in [0.2, 0.25) is 0 Å². The SMILES string of the molecule is COc1ccc(C2/C(=C(\O)c3ccc(OCc4ccccc4C)cc3)C(=O)C(=O)N2Cc2ccco2)cc1. The molecule has 0 saturated carbocycles. The smallest absolute Gasteiger partial charge is 0.296 e. The molecule has 7 nitrogen and oxygen atoms in total. The van der Waals surface area contributed by atoms with E-state index in [2.05, 4.69) is 0 Å². The largest absolute Gasteiger partial charge is 0.507 e. The molecule has 1 amide bonds. The molecular formula is C31H27NO6. The molecule has 0 radical (unpaired) electrons. The quantitative estimate of drug-likeness (QED) is 0.184. The second-order valence-electron chi connectivity index (χ2n) is 9.02. The number of Topliss-reactive ketones (excluding diaryl/α,β-unsaturated/α-hetero) is 1. The number of likely N-dealkylation sites (tertiary alicyclic amines) is 1. The van der Waals surface area contributed by atoms with Crippen molar-refractivity contribution in [2.24, 2.45) is 0 Å². The van der Waals surface area contributed by atoms with Crippen molar-refractivity contribution >= 4 is 17.4 Å². The van der Waals surface area contributed by atoms with Gasteiger partial charge in [0.05, 0.1) is 31.5 Å². The van der Waals surface area contributed by atoms with Crippen molar-refractivity contribution in [1.82, 2.24) is 4.90 Å². The first-order valence-electron chi connectivity index (χ1n) is 12.2. The molecule has 0 spiro atoms. The van der Waals surface area contributed by atoms with Gasteiger partial charge in [0, 0.05) is 5.56 Å². The molecular weight excluding hydrogens is 482 g/mol. The second kappa shape index (κ2) is 10.7. The Morgan fingerprint density at radius 3 is 2.29 bits per heavy atom. The lowest BCUT2D eigenvalue weighted by atomic mass is 9.95. The van der Waals surface area contributed by atoms with Crippen LogP contribution < -0.4 is 9.47 Å². The van der Waals surface area contributed by atoms with Crippen molar-refractivity contribution in [3.8, 4) is 11.5 Å². The van der Waals surface area contributed by atoms with Crippen LogP contribution in [0.15, 0.2) is 101 Å². The van der Waals surface area contributed by atoms with Gasteiger partial charge < -0.3 is 23.9 Å². The lowest BCUT2D eigenvalue weighted by molar-refractivity contribution is -0.140. The van der Waals surface area contributed by atoms with Crippen LogP contribution in [0.5, 0.6) is 11.5 Å². The zero-order valence-corrected chi connectivity index (χ0v) is 21.1. The van der Waals surface area contributed by atoms with Gasteiger partial charge in [0.25, 0.3) is 11.7 Å². The maximum atomic E-state index is 13.2. The van der Waals surface area contributed by atoms with Gasteiger partial charge in [-0.2, -0.15) is 0 Å². The number of carbonyl (C=O) groups excluding carboxylic acids is 2. The van der Waals surface area contributed by atoms with Crippen molar-refractivity contribution in [3.63, 3.8) is 0 Å². The molecule has 7 heteroatoms. The number of rotatable bonds is 8. The fourth-order valence-electron chi connectivity index (χ4n) is 4.54. The summed E-state index contributed by atoms with van der Waals surface area (Å²) in [5.74, 6) is 0.0710. The van der Waals surface area contributed by atoms with Gasteiger partial charge in [0.1, 0.15) is 29.6 Å². The van der Waals surface area contributed by atoms with Crippen LogP contribution in [0.1, 0.15) is 34.1 Å². The van der Waals surface area contributed by atoms with Gasteiger partial charge in [-0.25, -0.2) is 0 Å². The Morgan fingerprint density at radius 2 is 1.63 bits per heavy atom. The van der Waals surface area contributed by atoms with Crippen LogP contribution in [0, 0.1) is 6.92 Å². The third-order valence-corrected chi connectivity index (χ3v) is 6.66. The predicted molar refractivity (Wildman–Crippen MR) is 142 cm³/mol. The van der Waals surface area contributed by atoms with E-state index in [9.17, 15) is 14.7 Å². The standard InChI is InChI=1S/C31H27NO6/c1-20-6-3-4-7-23(20)19-38-25-15-11-22(12-16-25)29(33)27-28(21-9-13-24(36-2)14-10-21)32(31(35)30(27)34)18-26-8-5-17-37-26/h3-17,28,33H,18-19H2,1-2H3/b29-27+. The number of carbonyl (C=O) groups is 2. The van der Waals surface area contributed by atoms with Crippen LogP contribution in [0.4, 0.5) is 0 Å². The van der Waals surface area contributed by atoms with Gasteiger partial charge in [-0.1, -0.05) is 36.4 Å². The minimum atomic E-state index is -0.803. The second-order valence-corrected chi connectivity index (χ2v) is 9.02. The molecule has 2 heterocycles. The number of hydrogen-bond acceptors (Lipinski definition) is 6. The van der Waals surface area contributed by atoms with Crippen LogP contribution >= 0.6 is 0 Å². The highest BCUT2D eigenvalue weighted by atomic mass is 16.5. The molecule has 4 aromatic rings. The van der Waals surface area contributed by atoms with Gasteiger partial charge in [0.15, 0.2) is 0 Å². The van der Waals surface area contributed by atoms with Crippen LogP contribution in [0.3, 0.4) is 0 Å². The monoisotopic (exact) mass is 509 g/mol. The van der Waals surface area contributed by atoms with Crippen molar-refractivity contribution in [2.45, 2.75) is 26.1 Å². The fraction of sp³-hybridized carbons (Fsp3) is 0.161. The maximum absolute atomic E-state index is 13.2. The molecule has 0 bridgehead atoms. The Labute approximate surface area is 220 Å². The van der Waals surface area contributed by atoms with E-state index >= 15 is 0 Å². The Balaban J connectivity index is 1.47. The number of ether oxygens (including phenoxy) is 2. The lowest BCUT2D eigenvalue weighted by Gasteiger charge is -2.24. The summed E-state index contributed by atoms with van der Waals surface area (Å²) in [6.07, 6.45) is 1.51. The first-order chi connectivity index (χ1) is 18.5. The van der Waals surface area contributed by atoms with E-state index in [0.29, 0.717) is 35.0 Å². The topological polar surface area (TPSA) is 89.2 Å². The average molecular weight is 510 g/mol. The van der Waals surface area contributed by atoms with E-state index in [1.54, 1.807) is 67.8 Å². The molecule has 1 N–H and O–H groups in total. The Morgan fingerprint density at radius 1 is 0.921 bits per heavy atom. The third-order valence-electron chi connectivity index (χ3n) is 6.66. The zero-order valence-electron chi connectivity index (χ0n) is 21.1. The average Bonchev–Trinajstić information content (AvgIpc) is 3.55. The number of nitrogens with zero attached hydrogens (tertiary/aromatic N) is 1. The van der Waals surface area contributed by atoms with E-state index < -0.39 is 17.7 Å². The number of ketones is 1. The first-order valence-corrected chi connectivity index (χ1v) is 12.2. The number of aryl methyl sites for hydroxylation is 1. The summed E-state index contributed by atoms with van der Waals surface area (Å²) in [6.45, 7) is 2.52. The molecule has 1 atom stereocenters. The molecule has 1 fully saturated rings. The minimum Gasteiger partial charge on any atom is -0.507 e. The van der Waals surface area contributed by atoms with Gasteiger partial charge in [-0.3, -0.25) is 9.59 Å². The van der Waals surface area contributed by atoms with E-state index in [-0.39, 0.29) is 17.9 Å². The van der Waals surface area contributed by atoms with Crippen molar-refractivity contribution in [2.75, 3.05) is 7.11 Å². The summed E-state index contributed by atoms with van der Waals surface area (Å²) in [7, 11) is 1.56. The van der Waals surface area contributed by atoms with E-state index in [1.807, 2.05) is 31.2 Å². The molecule has 1 unspecified atom stereocenters. The van der Waals surface area contributed by atoms with Gasteiger partial charge >= 0.3 is 0 Å². The van der Waals surface area contributed by atoms with Gasteiger partial charge in [-0.15, -0.1) is 0 Å². The molecule has 1 aliphatic rings. The molecule has 192 valence electrons. The lowest BCUT2D eigenvalue weighted by Crippen LogP contribution is -2.29. The number of hydrogen-bond donors (Lipinski definition) is 1. The fourth-order valence-corrected chi connectivity index (χ4v) is 4.54. The molecule has 5 rings (SSSR count). The Hall–Kier alpha value is -4.78. The van der Waals surface area contributed by atoms with Crippen molar-refractivity contribution in [1.29, 1.82) is 0 Å². The maximum Gasteiger partial charge on any atom is 0.296 e. The highest BCUT2D eigenvalue weighted by Gasteiger charge is 2.46. The summed E-state index contributed by atoms with van der Waals surface area (Å²) in [6, 6.07) is 24.5. The van der Waals surface area contributed by atoms with E-state index in [1.165, 1.54) is 11.2 Å². The van der Waals surface area contributed by atoms with E-state index in [0.717, 1.165) is 11.1 Å². The molecule has 1 aliphatic heterocycles. The summed E-state index contributed by atoms with van der Waals surface area (Å²) in [5, 5.41) is 11.3. The Kier molecular flexibility index (Phi) is 7.00. The normalized spacial score (nSPS) is 16.6. The Bertz CT molecular complexity index is 1470. The number of aliphatic hydroxyl groups excluding tert-OH is 1. The predicted octanol–water partition coefficient (Wildman–Crippen LogP) is 5.80. The van der Waals surface area contributed by atoms with Gasteiger partial charge in [0.2, 0.25) is 0 Å². The van der Waals surface area contributed by atoms with Crippen LogP contribution in [-0.4, -0.2) is 28.8 Å². The van der Waals surface area contributed by atoms with Gasteiger partial charge in [-0.05, 0) is 72.1 Å². The number of amides is 1. The molecule has 1 saturated heterocycles. The molecule has 38 heavy (non-hydrogen) atoms. The van der Waals surface area contributed by atoms with Crippen molar-refractivity contribution < 1.29 is 28.6 Å². The van der Waals surface area contributed by atoms with Crippen molar-refractivity contribution in [3.05, 3.63) is 125 Å². The van der Waals surface area contributed by atoms with Crippen LogP contribution in [0.25, 0.3) is 5.76 Å². The summed E-state index contributed by atoms with van der Waals surface area (Å²) in [5.41, 5.74) is 3.30. The molecule has 3 aromatic carbocycles. The highest BCUT2D eigenvalue weighted by Crippen LogP contribution is 2.41. The number of furan rings is 1. The number of benzene rings is 3. The first kappa shape index (κ1) is 24.9. The minimum absolute atomic E-state index is 0.0142. The molecule has 0 aliphatic carbocycles. The summed E-state index contributed by atoms with van der Waals surface area (Å²) < 4.78 is 16.6. The van der Waals surface area contributed by atoms with E-state index in [4.69, 9.17) is 13.9 Å². The third kappa shape index (κ3) is 4.91. The highest BCUT2D eigenvalue weighted by molar-refractivity contribution is 6.46. The van der Waals surface area contributed by atoms with Crippen LogP contribution in [-0.2, 0) is 22.7 Å². The summed E-state index contributed by atoms with van der Waals surface area (Å²) in [4.78, 5) is 27.8. The summed E-state index contributed by atoms with van der Waals surface area (Å²) >= 11 is 0.